The molecule has 0 aliphatic rings. The van der Waals surface area contributed by atoms with Gasteiger partial charge in [-0.05, 0) is 18.2 Å². The molecule has 2 aromatic rings. The molecule has 0 aliphatic heterocycles. The number of benzene rings is 1. The molecule has 1 heterocycles. The molecule has 0 unspecified atom stereocenters. The van der Waals surface area contributed by atoms with Gasteiger partial charge in [0.15, 0.2) is 23.0 Å². The summed E-state index contributed by atoms with van der Waals surface area (Å²) in [7, 11) is 0. The molecule has 4 N–H and O–H groups in total. The summed E-state index contributed by atoms with van der Waals surface area (Å²) in [4.78, 5) is 21.4. The number of nitrogens with zero attached hydrogens (tertiary/aromatic N) is 2. The monoisotopic (exact) mass is 307 g/mol. The number of nitro groups is 1. The van der Waals surface area contributed by atoms with E-state index in [4.69, 9.17) is 9.52 Å². The van der Waals surface area contributed by atoms with Crippen LogP contribution < -0.4 is 5.43 Å². The third-order valence-electron chi connectivity index (χ3n) is 2.48. The predicted octanol–water partition coefficient (Wildman–Crippen LogP) is 1.07. The maximum absolute atomic E-state index is 11.7. The number of hydrogen-bond acceptors (Lipinski definition) is 8. The molecule has 10 heteroatoms. The lowest BCUT2D eigenvalue weighted by Gasteiger charge is -2.04. The number of carbonyl (C=O) groups is 1. The summed E-state index contributed by atoms with van der Waals surface area (Å²) in [5.41, 5.74) is 1.90. The fourth-order valence-electron chi connectivity index (χ4n) is 1.46. The quantitative estimate of drug-likeness (QED) is 0.284. The highest BCUT2D eigenvalue weighted by Crippen LogP contribution is 2.35. The minimum Gasteiger partial charge on any atom is -0.504 e. The topological polar surface area (TPSA) is 158 Å². The number of hydrazone groups is 1. The van der Waals surface area contributed by atoms with Gasteiger partial charge in [-0.3, -0.25) is 14.9 Å². The Morgan fingerprint density at radius 2 is 1.91 bits per heavy atom. The minimum atomic E-state index is -0.789. The van der Waals surface area contributed by atoms with Crippen molar-refractivity contribution >= 4 is 18.0 Å². The van der Waals surface area contributed by atoms with E-state index < -0.39 is 34.0 Å². The molecular weight excluding hydrogens is 298 g/mol. The van der Waals surface area contributed by atoms with Crippen molar-refractivity contribution in [2.75, 3.05) is 0 Å². The van der Waals surface area contributed by atoms with Crippen LogP contribution in [0.4, 0.5) is 5.88 Å². The summed E-state index contributed by atoms with van der Waals surface area (Å²) in [6.07, 6.45) is 1.03. The first-order chi connectivity index (χ1) is 10.4. The van der Waals surface area contributed by atoms with Gasteiger partial charge < -0.3 is 19.7 Å². The highest BCUT2D eigenvalue weighted by Gasteiger charge is 2.13. The maximum atomic E-state index is 11.7. The zero-order valence-corrected chi connectivity index (χ0v) is 10.8. The molecular formula is C12H9N3O7. The zero-order chi connectivity index (χ0) is 16.3. The lowest BCUT2D eigenvalue weighted by atomic mass is 10.2. The minimum absolute atomic E-state index is 0.0448. The van der Waals surface area contributed by atoms with E-state index in [1.54, 1.807) is 0 Å². The van der Waals surface area contributed by atoms with Gasteiger partial charge in [0.05, 0.1) is 12.3 Å². The van der Waals surface area contributed by atoms with Crippen LogP contribution in [0.5, 0.6) is 17.2 Å². The Kier molecular flexibility index (Phi) is 3.93. The van der Waals surface area contributed by atoms with Crippen LogP contribution in [-0.2, 0) is 0 Å². The molecule has 22 heavy (non-hydrogen) atoms. The van der Waals surface area contributed by atoms with E-state index in [1.165, 1.54) is 6.07 Å². The van der Waals surface area contributed by atoms with Gasteiger partial charge in [-0.15, -0.1) is 0 Å². The standard InChI is InChI=1S/C12H9N3O7/c16-8-3-6(4-9(17)11(8)18)12(19)14-13-5-7-1-2-10(22-7)15(20)21/h1-5,16-18H,(H,14,19). The van der Waals surface area contributed by atoms with Crippen molar-refractivity contribution < 1.29 is 29.5 Å². The van der Waals surface area contributed by atoms with Gasteiger partial charge in [-0.2, -0.15) is 5.10 Å². The van der Waals surface area contributed by atoms with Crippen molar-refractivity contribution in [3.05, 3.63) is 45.7 Å². The Balaban J connectivity index is 2.06. The Labute approximate surface area is 122 Å². The van der Waals surface area contributed by atoms with Crippen LogP contribution in [0.15, 0.2) is 33.8 Å². The summed E-state index contributed by atoms with van der Waals surface area (Å²) < 4.78 is 4.77. The number of hydrogen-bond donors (Lipinski definition) is 4. The number of amides is 1. The largest absolute Gasteiger partial charge is 0.504 e. The second-order valence-corrected chi connectivity index (χ2v) is 4.00. The Morgan fingerprint density at radius 1 is 1.27 bits per heavy atom. The highest BCUT2D eigenvalue weighted by molar-refractivity contribution is 5.96. The number of nitrogens with one attached hydrogen (secondary N) is 1. The van der Waals surface area contributed by atoms with E-state index in [9.17, 15) is 25.1 Å². The van der Waals surface area contributed by atoms with Crippen LogP contribution in [0.2, 0.25) is 0 Å². The van der Waals surface area contributed by atoms with E-state index in [0.717, 1.165) is 24.4 Å². The Bertz CT molecular complexity index is 743. The van der Waals surface area contributed by atoms with Gasteiger partial charge in [-0.1, -0.05) is 0 Å². The lowest BCUT2D eigenvalue weighted by molar-refractivity contribution is -0.402. The molecule has 0 fully saturated rings. The molecule has 0 aliphatic carbocycles. The maximum Gasteiger partial charge on any atom is 0.433 e. The highest BCUT2D eigenvalue weighted by atomic mass is 16.6. The first kappa shape index (κ1) is 14.8. The van der Waals surface area contributed by atoms with E-state index in [2.05, 4.69) is 10.5 Å². The molecule has 1 amide bonds. The van der Waals surface area contributed by atoms with Gasteiger partial charge in [0.1, 0.15) is 4.92 Å². The molecule has 0 radical (unpaired) electrons. The van der Waals surface area contributed by atoms with Gasteiger partial charge >= 0.3 is 5.88 Å². The third-order valence-corrected chi connectivity index (χ3v) is 2.48. The van der Waals surface area contributed by atoms with Crippen LogP contribution >= 0.6 is 0 Å². The summed E-state index contributed by atoms with van der Waals surface area (Å²) in [6.45, 7) is 0. The molecule has 1 aromatic carbocycles. The van der Waals surface area contributed by atoms with E-state index in [0.29, 0.717) is 0 Å². The van der Waals surface area contributed by atoms with Crippen molar-refractivity contribution in [2.24, 2.45) is 5.10 Å². The molecule has 0 spiro atoms. The number of rotatable bonds is 4. The number of phenolic OH excluding ortho intramolecular Hbond substituents is 3. The second-order valence-electron chi connectivity index (χ2n) is 4.00. The summed E-state index contributed by atoms with van der Waals surface area (Å²) in [6, 6.07) is 4.26. The third kappa shape index (κ3) is 3.12. The zero-order valence-electron chi connectivity index (χ0n) is 10.8. The van der Waals surface area contributed by atoms with Crippen molar-refractivity contribution in [2.45, 2.75) is 0 Å². The Hall–Kier alpha value is -3.56. The molecule has 2 rings (SSSR count). The van der Waals surface area contributed by atoms with Crippen LogP contribution in [0.3, 0.4) is 0 Å². The molecule has 114 valence electrons. The predicted molar refractivity (Wildman–Crippen MR) is 71.9 cm³/mol. The number of aromatic hydroxyl groups is 3. The summed E-state index contributed by atoms with van der Waals surface area (Å²) in [5.74, 6) is -3.30. The fourth-order valence-corrected chi connectivity index (χ4v) is 1.46. The molecule has 0 bridgehead atoms. The number of phenols is 3. The van der Waals surface area contributed by atoms with Gasteiger partial charge in [0, 0.05) is 5.56 Å². The molecule has 10 nitrogen and oxygen atoms in total. The smallest absolute Gasteiger partial charge is 0.433 e. The van der Waals surface area contributed by atoms with Crippen LogP contribution in [0.1, 0.15) is 16.1 Å². The fraction of sp³-hybridized carbons (Fsp3) is 0. The average Bonchev–Trinajstić information content (AvgIpc) is 2.93. The normalized spacial score (nSPS) is 10.7. The molecule has 1 aromatic heterocycles. The van der Waals surface area contributed by atoms with E-state index in [-0.39, 0.29) is 11.3 Å². The van der Waals surface area contributed by atoms with Gasteiger partial charge in [0.2, 0.25) is 0 Å². The van der Waals surface area contributed by atoms with Crippen molar-refractivity contribution in [3.63, 3.8) is 0 Å². The van der Waals surface area contributed by atoms with Gasteiger partial charge in [0.25, 0.3) is 5.91 Å². The van der Waals surface area contributed by atoms with E-state index >= 15 is 0 Å². The average molecular weight is 307 g/mol. The van der Waals surface area contributed by atoms with Crippen LogP contribution in [0.25, 0.3) is 0 Å². The SMILES string of the molecule is O=C(NN=Cc1ccc([N+](=O)[O-])o1)c1cc(O)c(O)c(O)c1. The molecule has 0 saturated carbocycles. The second kappa shape index (κ2) is 5.83. The summed E-state index contributed by atoms with van der Waals surface area (Å²) >= 11 is 0. The lowest BCUT2D eigenvalue weighted by Crippen LogP contribution is -2.17. The number of carbonyl (C=O) groups excluding carboxylic acids is 1. The first-order valence-corrected chi connectivity index (χ1v) is 5.71. The van der Waals surface area contributed by atoms with Crippen LogP contribution in [-0.4, -0.2) is 32.4 Å². The Morgan fingerprint density at radius 3 is 2.45 bits per heavy atom. The van der Waals surface area contributed by atoms with Crippen molar-refractivity contribution in [1.29, 1.82) is 0 Å². The molecule has 0 saturated heterocycles. The van der Waals surface area contributed by atoms with Crippen molar-refractivity contribution in [1.82, 2.24) is 5.43 Å². The van der Waals surface area contributed by atoms with Gasteiger partial charge in [-0.25, -0.2) is 5.43 Å². The van der Waals surface area contributed by atoms with Crippen molar-refractivity contribution in [3.8, 4) is 17.2 Å². The number of furan rings is 1. The van der Waals surface area contributed by atoms with Crippen LogP contribution in [0, 0.1) is 10.1 Å². The first-order valence-electron chi connectivity index (χ1n) is 5.71. The molecule has 0 atom stereocenters. The summed E-state index contributed by atoms with van der Waals surface area (Å²) in [5, 5.41) is 41.6. The van der Waals surface area contributed by atoms with E-state index in [1.807, 2.05) is 0 Å².